The SMILES string of the molecule is O=C(CCn1c(=O)oc2cc(Cl)ccc21)N1CCCC1c1ccncc1. The number of hydrogen-bond donors (Lipinski definition) is 0. The number of rotatable bonds is 4. The second-order valence-electron chi connectivity index (χ2n) is 6.41. The van der Waals surface area contributed by atoms with E-state index in [2.05, 4.69) is 4.98 Å². The van der Waals surface area contributed by atoms with Gasteiger partial charge in [0, 0.05) is 43.0 Å². The van der Waals surface area contributed by atoms with Gasteiger partial charge in [0.05, 0.1) is 11.6 Å². The molecule has 3 heterocycles. The van der Waals surface area contributed by atoms with E-state index in [0.29, 0.717) is 16.1 Å². The van der Waals surface area contributed by atoms with Crippen LogP contribution in [0.1, 0.15) is 30.9 Å². The molecule has 1 aliphatic rings. The first-order valence-corrected chi connectivity index (χ1v) is 8.99. The maximum Gasteiger partial charge on any atom is 0.419 e. The highest BCUT2D eigenvalue weighted by atomic mass is 35.5. The number of carbonyl (C=O) groups excluding carboxylic acids is 1. The molecule has 0 radical (unpaired) electrons. The van der Waals surface area contributed by atoms with Crippen molar-refractivity contribution in [3.05, 3.63) is 63.9 Å². The molecule has 6 nitrogen and oxygen atoms in total. The lowest BCUT2D eigenvalue weighted by atomic mass is 10.1. The minimum absolute atomic E-state index is 0.0412. The topological polar surface area (TPSA) is 68.3 Å². The molecule has 1 aliphatic heterocycles. The third kappa shape index (κ3) is 3.12. The molecule has 1 atom stereocenters. The number of nitrogens with zero attached hydrogens (tertiary/aromatic N) is 3. The van der Waals surface area contributed by atoms with Gasteiger partial charge in [-0.3, -0.25) is 14.3 Å². The summed E-state index contributed by atoms with van der Waals surface area (Å²) in [5, 5.41) is 0.506. The second-order valence-corrected chi connectivity index (χ2v) is 6.84. The zero-order valence-electron chi connectivity index (χ0n) is 14.1. The van der Waals surface area contributed by atoms with Crippen LogP contribution in [0.15, 0.2) is 51.9 Å². The summed E-state index contributed by atoms with van der Waals surface area (Å²) in [5.74, 6) is -0.429. The van der Waals surface area contributed by atoms with Gasteiger partial charge in [0.1, 0.15) is 0 Å². The Labute approximate surface area is 155 Å². The van der Waals surface area contributed by atoms with Crippen molar-refractivity contribution < 1.29 is 9.21 Å². The number of carbonyl (C=O) groups is 1. The van der Waals surface area contributed by atoms with E-state index >= 15 is 0 Å². The van der Waals surface area contributed by atoms with Gasteiger partial charge >= 0.3 is 5.76 Å². The first kappa shape index (κ1) is 16.8. The molecule has 0 aliphatic carbocycles. The van der Waals surface area contributed by atoms with E-state index in [1.54, 1.807) is 30.6 Å². The van der Waals surface area contributed by atoms with Crippen LogP contribution >= 0.6 is 11.6 Å². The maximum absolute atomic E-state index is 12.8. The average molecular weight is 372 g/mol. The van der Waals surface area contributed by atoms with Crippen LogP contribution in [0.5, 0.6) is 0 Å². The minimum atomic E-state index is -0.470. The summed E-state index contributed by atoms with van der Waals surface area (Å²) >= 11 is 5.93. The number of likely N-dealkylation sites (tertiary alicyclic amines) is 1. The van der Waals surface area contributed by atoms with Crippen molar-refractivity contribution in [3.8, 4) is 0 Å². The van der Waals surface area contributed by atoms with Gasteiger partial charge in [-0.25, -0.2) is 4.79 Å². The monoisotopic (exact) mass is 371 g/mol. The summed E-state index contributed by atoms with van der Waals surface area (Å²) < 4.78 is 6.71. The van der Waals surface area contributed by atoms with Crippen LogP contribution in [0, 0.1) is 0 Å². The van der Waals surface area contributed by atoms with Crippen molar-refractivity contribution in [2.24, 2.45) is 0 Å². The van der Waals surface area contributed by atoms with E-state index in [9.17, 15) is 9.59 Å². The normalized spacial score (nSPS) is 17.1. The second kappa shape index (κ2) is 6.96. The molecule has 7 heteroatoms. The molecule has 1 fully saturated rings. The van der Waals surface area contributed by atoms with Crippen molar-refractivity contribution in [1.82, 2.24) is 14.5 Å². The minimum Gasteiger partial charge on any atom is -0.408 e. The Morgan fingerprint density at radius 1 is 1.27 bits per heavy atom. The Balaban J connectivity index is 1.51. The quantitative estimate of drug-likeness (QED) is 0.704. The Morgan fingerprint density at radius 2 is 2.08 bits per heavy atom. The van der Waals surface area contributed by atoms with Gasteiger partial charge in [0.25, 0.3) is 0 Å². The molecule has 1 saturated heterocycles. The van der Waals surface area contributed by atoms with Crippen LogP contribution in [0.4, 0.5) is 0 Å². The Bertz CT molecular complexity index is 996. The molecule has 0 bridgehead atoms. The summed E-state index contributed by atoms with van der Waals surface area (Å²) in [7, 11) is 0. The predicted octanol–water partition coefficient (Wildman–Crippen LogP) is 3.40. The van der Waals surface area contributed by atoms with Gasteiger partial charge in [-0.1, -0.05) is 11.6 Å². The lowest BCUT2D eigenvalue weighted by Gasteiger charge is -2.25. The first-order chi connectivity index (χ1) is 12.6. The molecule has 3 aromatic rings. The molecule has 26 heavy (non-hydrogen) atoms. The van der Waals surface area contributed by atoms with Gasteiger partial charge in [0.2, 0.25) is 5.91 Å². The van der Waals surface area contributed by atoms with Crippen molar-refractivity contribution in [3.63, 3.8) is 0 Å². The Hall–Kier alpha value is -2.60. The molecule has 0 N–H and O–H groups in total. The maximum atomic E-state index is 12.8. The first-order valence-electron chi connectivity index (χ1n) is 8.62. The fourth-order valence-electron chi connectivity index (χ4n) is 3.60. The highest BCUT2D eigenvalue weighted by Gasteiger charge is 2.29. The van der Waals surface area contributed by atoms with Crippen molar-refractivity contribution >= 4 is 28.6 Å². The van der Waals surface area contributed by atoms with Crippen molar-refractivity contribution in [1.29, 1.82) is 0 Å². The molecule has 1 unspecified atom stereocenters. The predicted molar refractivity (Wildman–Crippen MR) is 98.0 cm³/mol. The fraction of sp³-hybridized carbons (Fsp3) is 0.316. The number of aromatic nitrogens is 2. The van der Waals surface area contributed by atoms with E-state index in [1.165, 1.54) is 4.57 Å². The molecular weight excluding hydrogens is 354 g/mol. The standard InChI is InChI=1S/C19H18ClN3O3/c20-14-3-4-16-17(12-14)26-19(25)23(16)11-7-18(24)22-10-1-2-15(22)13-5-8-21-9-6-13/h3-6,8-9,12,15H,1-2,7,10-11H2. The number of pyridine rings is 1. The van der Waals surface area contributed by atoms with E-state index in [0.717, 1.165) is 24.9 Å². The van der Waals surface area contributed by atoms with E-state index in [-0.39, 0.29) is 24.9 Å². The number of fused-ring (bicyclic) bond motifs is 1. The summed E-state index contributed by atoms with van der Waals surface area (Å²) in [6.07, 6.45) is 5.67. The van der Waals surface area contributed by atoms with E-state index in [1.807, 2.05) is 17.0 Å². The number of hydrogen-bond acceptors (Lipinski definition) is 4. The highest BCUT2D eigenvalue weighted by molar-refractivity contribution is 6.31. The summed E-state index contributed by atoms with van der Waals surface area (Å²) in [6.45, 7) is 1.02. The largest absolute Gasteiger partial charge is 0.419 e. The van der Waals surface area contributed by atoms with Crippen LogP contribution in [0.25, 0.3) is 11.1 Å². The summed E-state index contributed by atoms with van der Waals surface area (Å²) in [6, 6.07) is 9.04. The van der Waals surface area contributed by atoms with Crippen LogP contribution in [-0.2, 0) is 11.3 Å². The number of aryl methyl sites for hydroxylation is 1. The fourth-order valence-corrected chi connectivity index (χ4v) is 3.76. The van der Waals surface area contributed by atoms with Gasteiger partial charge in [-0.2, -0.15) is 0 Å². The molecule has 0 spiro atoms. The molecule has 2 aromatic heterocycles. The van der Waals surface area contributed by atoms with Crippen LogP contribution in [-0.4, -0.2) is 26.9 Å². The van der Waals surface area contributed by atoms with Crippen LogP contribution in [0.3, 0.4) is 0 Å². The van der Waals surface area contributed by atoms with Gasteiger partial charge in [-0.05, 0) is 42.7 Å². The zero-order chi connectivity index (χ0) is 18.1. The van der Waals surface area contributed by atoms with Crippen LogP contribution < -0.4 is 5.76 Å². The molecular formula is C19H18ClN3O3. The third-order valence-corrected chi connectivity index (χ3v) is 5.08. The average Bonchev–Trinajstić information content (AvgIpc) is 3.24. The Kier molecular flexibility index (Phi) is 4.51. The molecule has 4 rings (SSSR count). The van der Waals surface area contributed by atoms with Gasteiger partial charge in [-0.15, -0.1) is 0 Å². The molecule has 134 valence electrons. The van der Waals surface area contributed by atoms with E-state index < -0.39 is 5.76 Å². The lowest BCUT2D eigenvalue weighted by Crippen LogP contribution is -2.31. The number of oxazole rings is 1. The molecule has 1 aromatic carbocycles. The van der Waals surface area contributed by atoms with Crippen molar-refractivity contribution in [2.75, 3.05) is 6.54 Å². The van der Waals surface area contributed by atoms with E-state index in [4.69, 9.17) is 16.0 Å². The third-order valence-electron chi connectivity index (χ3n) is 4.84. The van der Waals surface area contributed by atoms with Gasteiger partial charge in [0.15, 0.2) is 5.58 Å². The van der Waals surface area contributed by atoms with Crippen molar-refractivity contribution in [2.45, 2.75) is 31.8 Å². The lowest BCUT2D eigenvalue weighted by molar-refractivity contribution is -0.132. The summed E-state index contributed by atoms with van der Waals surface area (Å²) in [4.78, 5) is 30.8. The smallest absolute Gasteiger partial charge is 0.408 e. The number of amides is 1. The summed E-state index contributed by atoms with van der Waals surface area (Å²) in [5.41, 5.74) is 2.19. The molecule has 1 amide bonds. The van der Waals surface area contributed by atoms with Crippen LogP contribution in [0.2, 0.25) is 5.02 Å². The zero-order valence-corrected chi connectivity index (χ0v) is 14.9. The highest BCUT2D eigenvalue weighted by Crippen LogP contribution is 2.32. The number of halogens is 1. The Morgan fingerprint density at radius 3 is 2.88 bits per heavy atom. The molecule has 0 saturated carbocycles. The number of benzene rings is 1. The van der Waals surface area contributed by atoms with Gasteiger partial charge < -0.3 is 9.32 Å².